The molecule has 10 nitrogen and oxygen atoms in total. The molecule has 20 heavy (non-hydrogen) atoms. The van der Waals surface area contributed by atoms with E-state index in [1.165, 1.54) is 0 Å². The third kappa shape index (κ3) is 2.58. The first-order valence-corrected chi connectivity index (χ1v) is 5.14. The van der Waals surface area contributed by atoms with Crippen LogP contribution in [0.1, 0.15) is 20.9 Å². The molecule has 102 valence electrons. The van der Waals surface area contributed by atoms with Crippen molar-refractivity contribution in [2.45, 2.75) is 0 Å². The minimum absolute atomic E-state index is 0.0955. The molecule has 0 aliphatic carbocycles. The van der Waals surface area contributed by atoms with E-state index in [4.69, 9.17) is 10.2 Å². The van der Waals surface area contributed by atoms with Gasteiger partial charge in [-0.15, -0.1) is 0 Å². The molecular weight excluding hydrogens is 270 g/mol. The van der Waals surface area contributed by atoms with Crippen molar-refractivity contribution >= 4 is 23.5 Å². The zero-order valence-electron chi connectivity index (χ0n) is 9.77. The van der Waals surface area contributed by atoms with E-state index in [1.807, 2.05) is 0 Å². The van der Waals surface area contributed by atoms with E-state index in [0.29, 0.717) is 0 Å². The van der Waals surface area contributed by atoms with Crippen LogP contribution < -0.4 is 11.1 Å². The van der Waals surface area contributed by atoms with Crippen LogP contribution >= 0.6 is 0 Å². The fourth-order valence-corrected chi connectivity index (χ4v) is 1.33. The Kier molecular flexibility index (Phi) is 3.37. The predicted octanol–water partition coefficient (Wildman–Crippen LogP) is 0.329. The van der Waals surface area contributed by atoms with Gasteiger partial charge in [0.25, 0.3) is 11.8 Å². The largest absolute Gasteiger partial charge is 0.433 e. The molecule has 3 N–H and O–H groups in total. The Morgan fingerprint density at radius 3 is 2.75 bits per heavy atom. The molecule has 0 aromatic carbocycles. The van der Waals surface area contributed by atoms with Gasteiger partial charge >= 0.3 is 5.88 Å². The van der Waals surface area contributed by atoms with E-state index in [0.717, 1.165) is 24.7 Å². The van der Waals surface area contributed by atoms with Crippen molar-refractivity contribution in [2.75, 3.05) is 5.32 Å². The van der Waals surface area contributed by atoms with Crippen LogP contribution in [0.2, 0.25) is 0 Å². The first-order valence-electron chi connectivity index (χ1n) is 5.14. The van der Waals surface area contributed by atoms with Crippen molar-refractivity contribution in [1.29, 1.82) is 0 Å². The van der Waals surface area contributed by atoms with Gasteiger partial charge in [0.15, 0.2) is 5.76 Å². The minimum atomic E-state index is -0.827. The van der Waals surface area contributed by atoms with Gasteiger partial charge in [0, 0.05) is 6.20 Å². The maximum atomic E-state index is 11.8. The summed E-state index contributed by atoms with van der Waals surface area (Å²) in [6.45, 7) is 0. The van der Waals surface area contributed by atoms with Crippen LogP contribution in [-0.4, -0.2) is 26.7 Å². The lowest BCUT2D eigenvalue weighted by Gasteiger charge is -2.04. The lowest BCUT2D eigenvalue weighted by molar-refractivity contribution is -0.402. The highest BCUT2D eigenvalue weighted by Crippen LogP contribution is 2.17. The van der Waals surface area contributed by atoms with Crippen molar-refractivity contribution in [3.63, 3.8) is 0 Å². The van der Waals surface area contributed by atoms with Gasteiger partial charge in [0.05, 0.1) is 6.07 Å². The second-order valence-electron chi connectivity index (χ2n) is 3.50. The summed E-state index contributed by atoms with van der Waals surface area (Å²) < 4.78 is 4.71. The van der Waals surface area contributed by atoms with E-state index < -0.39 is 22.6 Å². The lowest BCUT2D eigenvalue weighted by Crippen LogP contribution is -2.19. The van der Waals surface area contributed by atoms with Crippen molar-refractivity contribution in [3.05, 3.63) is 46.1 Å². The quantitative estimate of drug-likeness (QED) is 0.602. The molecule has 2 amide bonds. The van der Waals surface area contributed by atoms with Crippen molar-refractivity contribution in [2.24, 2.45) is 5.73 Å². The maximum absolute atomic E-state index is 11.8. The number of carbonyl (C=O) groups is 2. The Morgan fingerprint density at radius 1 is 1.40 bits per heavy atom. The summed E-state index contributed by atoms with van der Waals surface area (Å²) in [6.07, 6.45) is 2.24. The highest BCUT2D eigenvalue weighted by molar-refractivity contribution is 6.06. The molecule has 0 saturated carbocycles. The monoisotopic (exact) mass is 277 g/mol. The van der Waals surface area contributed by atoms with Gasteiger partial charge in [0.2, 0.25) is 0 Å². The van der Waals surface area contributed by atoms with Gasteiger partial charge in [-0.25, -0.2) is 9.97 Å². The second-order valence-corrected chi connectivity index (χ2v) is 3.50. The highest BCUT2D eigenvalue weighted by atomic mass is 16.6. The number of nitrogens with zero attached hydrogens (tertiary/aromatic N) is 3. The van der Waals surface area contributed by atoms with Crippen LogP contribution in [0.4, 0.5) is 11.7 Å². The van der Waals surface area contributed by atoms with Crippen LogP contribution in [0, 0.1) is 10.1 Å². The van der Waals surface area contributed by atoms with E-state index in [-0.39, 0.29) is 17.1 Å². The Labute approximate surface area is 110 Å². The summed E-state index contributed by atoms with van der Waals surface area (Å²) in [7, 11) is 0. The number of hydrogen-bond acceptors (Lipinski definition) is 7. The average molecular weight is 277 g/mol. The van der Waals surface area contributed by atoms with Gasteiger partial charge in [-0.3, -0.25) is 19.7 Å². The number of furan rings is 1. The van der Waals surface area contributed by atoms with E-state index in [1.54, 1.807) is 0 Å². The van der Waals surface area contributed by atoms with Crippen LogP contribution in [-0.2, 0) is 0 Å². The second kappa shape index (κ2) is 5.14. The van der Waals surface area contributed by atoms with Crippen LogP contribution in [0.15, 0.2) is 29.1 Å². The molecule has 2 aromatic rings. The molecule has 0 aliphatic heterocycles. The Hall–Kier alpha value is -3.30. The Morgan fingerprint density at radius 2 is 2.15 bits per heavy atom. The molecule has 2 heterocycles. The summed E-state index contributed by atoms with van der Waals surface area (Å²) in [5.41, 5.74) is 4.99. The third-order valence-corrected chi connectivity index (χ3v) is 2.21. The van der Waals surface area contributed by atoms with Gasteiger partial charge in [-0.1, -0.05) is 0 Å². The first kappa shape index (κ1) is 13.1. The number of amides is 2. The number of nitrogens with one attached hydrogen (secondary N) is 1. The van der Waals surface area contributed by atoms with Gasteiger partial charge in [-0.05, 0) is 6.07 Å². The molecule has 0 fully saturated rings. The third-order valence-electron chi connectivity index (χ3n) is 2.21. The first-order chi connectivity index (χ1) is 9.49. The minimum Gasteiger partial charge on any atom is -0.395 e. The molecule has 0 atom stereocenters. The zero-order valence-corrected chi connectivity index (χ0v) is 9.77. The standard InChI is InChI=1S/C10H7N5O5/c11-8(16)5-3-12-4-13-9(5)14-10(17)6-1-2-7(20-6)15(18)19/h1-4H,(H2,11,16)(H,12,13,14,17). The number of rotatable bonds is 4. The fraction of sp³-hybridized carbons (Fsp3) is 0. The molecule has 0 radical (unpaired) electrons. The molecule has 0 bridgehead atoms. The smallest absolute Gasteiger partial charge is 0.395 e. The summed E-state index contributed by atoms with van der Waals surface area (Å²) in [5, 5.41) is 12.7. The number of nitro groups is 1. The van der Waals surface area contributed by atoms with Crippen LogP contribution in [0.5, 0.6) is 0 Å². The Balaban J connectivity index is 2.23. The van der Waals surface area contributed by atoms with Crippen LogP contribution in [0.3, 0.4) is 0 Å². The fourth-order valence-electron chi connectivity index (χ4n) is 1.33. The normalized spacial score (nSPS) is 10.0. The van der Waals surface area contributed by atoms with E-state index in [2.05, 4.69) is 15.3 Å². The number of nitrogens with two attached hydrogens (primary N) is 1. The summed E-state index contributed by atoms with van der Waals surface area (Å²) in [4.78, 5) is 39.8. The summed E-state index contributed by atoms with van der Waals surface area (Å²) in [5.74, 6) is -2.62. The Bertz CT molecular complexity index is 695. The van der Waals surface area contributed by atoms with Gasteiger partial charge < -0.3 is 15.5 Å². The molecule has 10 heteroatoms. The van der Waals surface area contributed by atoms with E-state index >= 15 is 0 Å². The molecular formula is C10H7N5O5. The lowest BCUT2D eigenvalue weighted by atomic mass is 10.3. The predicted molar refractivity (Wildman–Crippen MR) is 63.9 cm³/mol. The van der Waals surface area contributed by atoms with Gasteiger partial charge in [-0.2, -0.15) is 0 Å². The number of anilines is 1. The zero-order chi connectivity index (χ0) is 14.7. The van der Waals surface area contributed by atoms with Crippen molar-refractivity contribution < 1.29 is 18.9 Å². The maximum Gasteiger partial charge on any atom is 0.433 e. The molecule has 0 unspecified atom stereocenters. The number of primary amides is 1. The van der Waals surface area contributed by atoms with Crippen molar-refractivity contribution in [3.8, 4) is 0 Å². The SMILES string of the molecule is NC(=O)c1cncnc1NC(=O)c1ccc([N+](=O)[O-])o1. The summed E-state index contributed by atoms with van der Waals surface area (Å²) in [6, 6.07) is 2.16. The summed E-state index contributed by atoms with van der Waals surface area (Å²) >= 11 is 0. The topological polar surface area (TPSA) is 154 Å². The molecule has 0 aliphatic rings. The highest BCUT2D eigenvalue weighted by Gasteiger charge is 2.19. The molecule has 0 saturated heterocycles. The van der Waals surface area contributed by atoms with Gasteiger partial charge in [0.1, 0.15) is 22.6 Å². The average Bonchev–Trinajstić information content (AvgIpc) is 2.89. The number of carbonyl (C=O) groups excluding carboxylic acids is 2. The van der Waals surface area contributed by atoms with Crippen molar-refractivity contribution in [1.82, 2.24) is 9.97 Å². The molecule has 2 aromatic heterocycles. The number of aromatic nitrogens is 2. The van der Waals surface area contributed by atoms with E-state index in [9.17, 15) is 19.7 Å². The van der Waals surface area contributed by atoms with Crippen LogP contribution in [0.25, 0.3) is 0 Å². The molecule has 0 spiro atoms. The number of hydrogen-bond donors (Lipinski definition) is 2. The molecule has 2 rings (SSSR count).